The van der Waals surface area contributed by atoms with E-state index in [2.05, 4.69) is 34.1 Å². The summed E-state index contributed by atoms with van der Waals surface area (Å²) in [6.45, 7) is -0.387. The number of ether oxygens (including phenoxy) is 1. The number of allylic oxidation sites excluding steroid dienone is 3. The van der Waals surface area contributed by atoms with E-state index in [9.17, 15) is 4.39 Å². The number of aromatic nitrogens is 2. The van der Waals surface area contributed by atoms with Crippen molar-refractivity contribution in [3.8, 4) is 5.75 Å². The number of thiazole rings is 1. The van der Waals surface area contributed by atoms with Gasteiger partial charge in [-0.25, -0.2) is 9.37 Å². The van der Waals surface area contributed by atoms with Crippen LogP contribution in [0.3, 0.4) is 0 Å². The number of nitrogens with zero attached hydrogens (tertiary/aromatic N) is 2. The van der Waals surface area contributed by atoms with E-state index in [1.54, 1.807) is 11.3 Å². The molecule has 0 amide bonds. The number of nitrogens with one attached hydrogen (secondary N) is 1. The maximum atomic E-state index is 12.2. The summed E-state index contributed by atoms with van der Waals surface area (Å²) in [5.74, 6) is 1.02. The summed E-state index contributed by atoms with van der Waals surface area (Å²) in [7, 11) is 1.93. The summed E-state index contributed by atoms with van der Waals surface area (Å²) in [4.78, 5) is 5.77. The van der Waals surface area contributed by atoms with E-state index in [0.29, 0.717) is 11.7 Å². The molecule has 2 aromatic heterocycles. The number of hydrogen-bond acceptors (Lipinski definition) is 4. The summed E-state index contributed by atoms with van der Waals surface area (Å²) in [5, 5.41) is 3.16. The first-order chi connectivity index (χ1) is 11.8. The third kappa shape index (κ3) is 2.67. The van der Waals surface area contributed by atoms with Gasteiger partial charge in [0.15, 0.2) is 4.96 Å². The molecular formula is C18H18FN3OS. The minimum absolute atomic E-state index is 0.0916. The van der Waals surface area contributed by atoms with Gasteiger partial charge >= 0.3 is 0 Å². The van der Waals surface area contributed by atoms with Crippen molar-refractivity contribution in [3.05, 3.63) is 54.0 Å². The molecule has 4 rings (SSSR count). The van der Waals surface area contributed by atoms with E-state index >= 15 is 0 Å². The van der Waals surface area contributed by atoms with Gasteiger partial charge in [0.2, 0.25) is 0 Å². The highest BCUT2D eigenvalue weighted by atomic mass is 32.1. The third-order valence-corrected chi connectivity index (χ3v) is 5.22. The molecule has 0 spiro atoms. The average molecular weight is 343 g/mol. The Morgan fingerprint density at radius 2 is 2.38 bits per heavy atom. The van der Waals surface area contributed by atoms with Crippen molar-refractivity contribution in [2.45, 2.75) is 12.3 Å². The zero-order valence-corrected chi connectivity index (χ0v) is 14.1. The summed E-state index contributed by atoms with van der Waals surface area (Å²) in [6, 6.07) is 5.84. The number of alkyl halides is 1. The molecule has 1 aliphatic rings. The van der Waals surface area contributed by atoms with Crippen LogP contribution in [-0.4, -0.2) is 29.7 Å². The monoisotopic (exact) mass is 343 g/mol. The summed E-state index contributed by atoms with van der Waals surface area (Å²) >= 11 is 1.63. The molecule has 1 aliphatic carbocycles. The van der Waals surface area contributed by atoms with Crippen LogP contribution in [0.1, 0.15) is 18.0 Å². The van der Waals surface area contributed by atoms with Gasteiger partial charge in [0.1, 0.15) is 19.0 Å². The number of imidazole rings is 1. The fourth-order valence-corrected chi connectivity index (χ4v) is 3.99. The molecule has 1 unspecified atom stereocenters. The number of rotatable bonds is 5. The molecule has 124 valence electrons. The normalized spacial score (nSPS) is 17.4. The van der Waals surface area contributed by atoms with E-state index in [4.69, 9.17) is 9.72 Å². The van der Waals surface area contributed by atoms with Crippen molar-refractivity contribution in [1.82, 2.24) is 14.7 Å². The number of benzene rings is 1. The van der Waals surface area contributed by atoms with Gasteiger partial charge in [0.05, 0.1) is 15.9 Å². The molecule has 0 fully saturated rings. The maximum Gasteiger partial charge on any atom is 0.194 e. The van der Waals surface area contributed by atoms with Gasteiger partial charge in [0, 0.05) is 24.9 Å². The first-order valence-corrected chi connectivity index (χ1v) is 8.76. The van der Waals surface area contributed by atoms with Crippen molar-refractivity contribution >= 4 is 26.5 Å². The van der Waals surface area contributed by atoms with E-state index in [0.717, 1.165) is 33.0 Å². The maximum absolute atomic E-state index is 12.2. The van der Waals surface area contributed by atoms with Crippen LogP contribution < -0.4 is 10.1 Å². The van der Waals surface area contributed by atoms with Gasteiger partial charge < -0.3 is 10.1 Å². The van der Waals surface area contributed by atoms with Crippen LogP contribution in [0.5, 0.6) is 5.75 Å². The SMILES string of the molecule is CNC1=CCC(c2cn3c(n2)sc2cc(OCCF)ccc23)C=C1. The van der Waals surface area contributed by atoms with Crippen LogP contribution in [0.2, 0.25) is 0 Å². The largest absolute Gasteiger partial charge is 0.491 e. The molecule has 4 nitrogen and oxygen atoms in total. The lowest BCUT2D eigenvalue weighted by molar-refractivity contribution is 0.273. The van der Waals surface area contributed by atoms with Gasteiger partial charge in [0.25, 0.3) is 0 Å². The molecule has 0 saturated carbocycles. The highest BCUT2D eigenvalue weighted by molar-refractivity contribution is 7.23. The highest BCUT2D eigenvalue weighted by Gasteiger charge is 2.17. The molecule has 1 atom stereocenters. The molecule has 1 N–H and O–H groups in total. The van der Waals surface area contributed by atoms with E-state index in [-0.39, 0.29) is 6.61 Å². The fraction of sp³-hybridized carbons (Fsp3) is 0.278. The van der Waals surface area contributed by atoms with Crippen LogP contribution in [0.25, 0.3) is 15.2 Å². The molecule has 24 heavy (non-hydrogen) atoms. The molecule has 3 aromatic rings. The molecule has 0 saturated heterocycles. The third-order valence-electron chi connectivity index (χ3n) is 4.20. The Hall–Kier alpha value is -2.34. The zero-order chi connectivity index (χ0) is 16.5. The van der Waals surface area contributed by atoms with Crippen LogP contribution >= 0.6 is 11.3 Å². The minimum atomic E-state index is -0.478. The number of likely N-dealkylation sites (N-methyl/N-ethyl adjacent to an activating group) is 1. The zero-order valence-electron chi connectivity index (χ0n) is 13.3. The second kappa shape index (κ2) is 6.28. The molecular weight excluding hydrogens is 325 g/mol. The summed E-state index contributed by atoms with van der Waals surface area (Å²) in [5.41, 5.74) is 3.34. The second-order valence-corrected chi connectivity index (χ2v) is 6.71. The summed E-state index contributed by atoms with van der Waals surface area (Å²) < 4.78 is 20.8. The van der Waals surface area contributed by atoms with Gasteiger partial charge in [-0.05, 0) is 30.7 Å². The van der Waals surface area contributed by atoms with Crippen molar-refractivity contribution in [2.24, 2.45) is 0 Å². The molecule has 6 heteroatoms. The highest BCUT2D eigenvalue weighted by Crippen LogP contribution is 2.32. The lowest BCUT2D eigenvalue weighted by atomic mass is 9.97. The minimum Gasteiger partial charge on any atom is -0.491 e. The van der Waals surface area contributed by atoms with E-state index in [1.165, 1.54) is 0 Å². The van der Waals surface area contributed by atoms with Crippen LogP contribution in [0, 0.1) is 0 Å². The Balaban J connectivity index is 1.65. The quantitative estimate of drug-likeness (QED) is 0.760. The first kappa shape index (κ1) is 15.2. The Labute approximate surface area is 143 Å². The van der Waals surface area contributed by atoms with Gasteiger partial charge in [-0.2, -0.15) is 0 Å². The summed E-state index contributed by atoms with van der Waals surface area (Å²) in [6.07, 6.45) is 9.57. The predicted molar refractivity (Wildman–Crippen MR) is 95.7 cm³/mol. The Morgan fingerprint density at radius 3 is 3.12 bits per heavy atom. The lowest BCUT2D eigenvalue weighted by Crippen LogP contribution is -2.08. The van der Waals surface area contributed by atoms with Crippen molar-refractivity contribution in [3.63, 3.8) is 0 Å². The smallest absolute Gasteiger partial charge is 0.194 e. The number of fused-ring (bicyclic) bond motifs is 3. The lowest BCUT2D eigenvalue weighted by Gasteiger charge is -2.13. The Bertz CT molecular complexity index is 940. The van der Waals surface area contributed by atoms with Crippen LogP contribution in [0.4, 0.5) is 4.39 Å². The molecule has 0 aliphatic heterocycles. The van der Waals surface area contributed by atoms with E-state index in [1.807, 2.05) is 25.2 Å². The van der Waals surface area contributed by atoms with Crippen molar-refractivity contribution in [1.29, 1.82) is 0 Å². The first-order valence-electron chi connectivity index (χ1n) is 7.95. The molecule has 1 aromatic carbocycles. The standard InChI is InChI=1S/C18H18FN3OS/c1-20-13-4-2-12(3-5-13)15-11-22-16-7-6-14(23-9-8-19)10-17(16)24-18(22)21-15/h2,4-7,10-12,20H,3,8-9H2,1H3. The Kier molecular flexibility index (Phi) is 3.98. The predicted octanol–water partition coefficient (Wildman–Crippen LogP) is 4.04. The number of hydrogen-bond donors (Lipinski definition) is 1. The van der Waals surface area contributed by atoms with Crippen LogP contribution in [-0.2, 0) is 0 Å². The Morgan fingerprint density at radius 1 is 1.46 bits per heavy atom. The number of halogens is 1. The topological polar surface area (TPSA) is 38.6 Å². The van der Waals surface area contributed by atoms with Gasteiger partial charge in [-0.1, -0.05) is 23.5 Å². The molecule has 2 heterocycles. The van der Waals surface area contributed by atoms with Gasteiger partial charge in [-0.15, -0.1) is 0 Å². The molecule has 0 radical (unpaired) electrons. The van der Waals surface area contributed by atoms with Crippen molar-refractivity contribution < 1.29 is 9.13 Å². The fourth-order valence-electron chi connectivity index (χ4n) is 2.95. The van der Waals surface area contributed by atoms with Crippen LogP contribution in [0.15, 0.2) is 48.3 Å². The average Bonchev–Trinajstić information content (AvgIpc) is 3.17. The van der Waals surface area contributed by atoms with Crippen molar-refractivity contribution in [2.75, 3.05) is 20.3 Å². The molecule has 0 bridgehead atoms. The van der Waals surface area contributed by atoms with E-state index < -0.39 is 6.67 Å². The second-order valence-electron chi connectivity index (χ2n) is 5.70. The van der Waals surface area contributed by atoms with Gasteiger partial charge in [-0.3, -0.25) is 4.40 Å².